The van der Waals surface area contributed by atoms with Gasteiger partial charge in [-0.25, -0.2) is 0 Å². The molecule has 2 rings (SSSR count). The van der Waals surface area contributed by atoms with Crippen molar-refractivity contribution >= 4 is 17.7 Å². The lowest BCUT2D eigenvalue weighted by molar-refractivity contribution is -0.121. The van der Waals surface area contributed by atoms with Crippen molar-refractivity contribution in [2.45, 2.75) is 64.0 Å². The molecule has 0 saturated heterocycles. The standard InChI is InChI=1S/C22H31N5O2S/c1-14(2)12-27-19(17-8-10-18(29-7)11-9-17)25-26-21(27)30-16(5)20(28)24-22(6,13-23)15(3)4/h8-11,14-16H,12H2,1-7H3,(H,24,28)/t16-,22+/m1/s1. The summed E-state index contributed by atoms with van der Waals surface area (Å²) in [6.45, 7) is 12.4. The highest BCUT2D eigenvalue weighted by molar-refractivity contribution is 8.00. The molecule has 1 aromatic carbocycles. The zero-order chi connectivity index (χ0) is 22.5. The summed E-state index contributed by atoms with van der Waals surface area (Å²) in [4.78, 5) is 12.8. The second kappa shape index (κ2) is 9.98. The van der Waals surface area contributed by atoms with Gasteiger partial charge in [0.25, 0.3) is 0 Å². The Morgan fingerprint density at radius 3 is 2.37 bits per heavy atom. The summed E-state index contributed by atoms with van der Waals surface area (Å²) in [6, 6.07) is 9.89. The molecule has 8 heteroatoms. The van der Waals surface area contributed by atoms with Gasteiger partial charge in [0, 0.05) is 12.1 Å². The monoisotopic (exact) mass is 429 g/mol. The number of ether oxygens (including phenoxy) is 1. The molecule has 0 radical (unpaired) electrons. The van der Waals surface area contributed by atoms with Gasteiger partial charge in [-0.3, -0.25) is 4.79 Å². The van der Waals surface area contributed by atoms with Crippen molar-refractivity contribution < 1.29 is 9.53 Å². The summed E-state index contributed by atoms with van der Waals surface area (Å²) in [6.07, 6.45) is 0. The van der Waals surface area contributed by atoms with Gasteiger partial charge >= 0.3 is 0 Å². The van der Waals surface area contributed by atoms with Crippen molar-refractivity contribution in [3.63, 3.8) is 0 Å². The first-order valence-electron chi connectivity index (χ1n) is 10.1. The van der Waals surface area contributed by atoms with Gasteiger partial charge < -0.3 is 14.6 Å². The normalized spacial score (nSPS) is 14.3. The third-order valence-corrected chi connectivity index (χ3v) is 6.11. The number of benzene rings is 1. The van der Waals surface area contributed by atoms with Crippen LogP contribution in [0.15, 0.2) is 29.4 Å². The first-order valence-corrected chi connectivity index (χ1v) is 11.0. The summed E-state index contributed by atoms with van der Waals surface area (Å²) in [5.74, 6) is 1.71. The maximum Gasteiger partial charge on any atom is 0.234 e. The Balaban J connectivity index is 2.27. The highest BCUT2D eigenvalue weighted by Gasteiger charge is 2.32. The summed E-state index contributed by atoms with van der Waals surface area (Å²) in [5, 5.41) is 21.4. The highest BCUT2D eigenvalue weighted by atomic mass is 32.2. The minimum atomic E-state index is -0.911. The van der Waals surface area contributed by atoms with Gasteiger partial charge in [0.15, 0.2) is 11.0 Å². The van der Waals surface area contributed by atoms with E-state index in [4.69, 9.17) is 4.74 Å². The predicted molar refractivity (Wildman–Crippen MR) is 119 cm³/mol. The van der Waals surface area contributed by atoms with Crippen LogP contribution in [0.1, 0.15) is 41.5 Å². The number of thioether (sulfide) groups is 1. The molecule has 2 aromatic rings. The van der Waals surface area contributed by atoms with Crippen LogP contribution < -0.4 is 10.1 Å². The molecule has 2 atom stereocenters. The molecule has 1 N–H and O–H groups in total. The van der Waals surface area contributed by atoms with E-state index in [0.29, 0.717) is 11.1 Å². The van der Waals surface area contributed by atoms with Gasteiger partial charge in [-0.05, 0) is 49.9 Å². The molecule has 30 heavy (non-hydrogen) atoms. The van der Waals surface area contributed by atoms with E-state index in [1.54, 1.807) is 14.0 Å². The van der Waals surface area contributed by atoms with Crippen molar-refractivity contribution in [2.24, 2.45) is 11.8 Å². The van der Waals surface area contributed by atoms with Crippen molar-refractivity contribution in [1.29, 1.82) is 5.26 Å². The molecule has 1 amide bonds. The van der Waals surface area contributed by atoms with E-state index in [9.17, 15) is 10.1 Å². The number of nitriles is 1. The Kier molecular flexibility index (Phi) is 7.90. The van der Waals surface area contributed by atoms with Gasteiger partial charge in [-0.15, -0.1) is 10.2 Å². The topological polar surface area (TPSA) is 92.8 Å². The lowest BCUT2D eigenvalue weighted by atomic mass is 9.90. The molecule has 0 aliphatic rings. The fourth-order valence-corrected chi connectivity index (χ4v) is 3.59. The Morgan fingerprint density at radius 1 is 1.23 bits per heavy atom. The molecule has 162 valence electrons. The lowest BCUT2D eigenvalue weighted by Gasteiger charge is -2.28. The van der Waals surface area contributed by atoms with Gasteiger partial charge in [0.2, 0.25) is 5.91 Å². The van der Waals surface area contributed by atoms with Gasteiger partial charge in [0.1, 0.15) is 11.3 Å². The smallest absolute Gasteiger partial charge is 0.234 e. The van der Waals surface area contributed by atoms with Crippen LogP contribution >= 0.6 is 11.8 Å². The number of carbonyl (C=O) groups excluding carboxylic acids is 1. The van der Waals surface area contributed by atoms with E-state index < -0.39 is 10.8 Å². The maximum atomic E-state index is 12.8. The minimum absolute atomic E-state index is 0.00471. The summed E-state index contributed by atoms with van der Waals surface area (Å²) in [7, 11) is 1.63. The van der Waals surface area contributed by atoms with E-state index in [0.717, 1.165) is 23.7 Å². The number of hydrogen-bond acceptors (Lipinski definition) is 6. The van der Waals surface area contributed by atoms with Crippen molar-refractivity contribution in [2.75, 3.05) is 7.11 Å². The number of rotatable bonds is 9. The number of methoxy groups -OCH3 is 1. The van der Waals surface area contributed by atoms with E-state index >= 15 is 0 Å². The minimum Gasteiger partial charge on any atom is -0.497 e. The Labute approximate surface area is 183 Å². The second-order valence-electron chi connectivity index (χ2n) is 8.26. The fourth-order valence-electron chi connectivity index (χ4n) is 2.73. The first-order chi connectivity index (χ1) is 14.1. The lowest BCUT2D eigenvalue weighted by Crippen LogP contribution is -2.51. The molecule has 0 saturated carbocycles. The van der Waals surface area contributed by atoms with E-state index in [1.807, 2.05) is 49.6 Å². The zero-order valence-corrected chi connectivity index (χ0v) is 19.6. The Morgan fingerprint density at radius 2 is 1.87 bits per heavy atom. The van der Waals surface area contributed by atoms with Gasteiger partial charge in [-0.1, -0.05) is 39.5 Å². The van der Waals surface area contributed by atoms with Crippen LogP contribution in [0.2, 0.25) is 0 Å². The fraction of sp³-hybridized carbons (Fsp3) is 0.545. The third kappa shape index (κ3) is 5.54. The largest absolute Gasteiger partial charge is 0.497 e. The molecule has 0 spiro atoms. The predicted octanol–water partition coefficient (Wildman–Crippen LogP) is 4.14. The Hall–Kier alpha value is -2.53. The second-order valence-corrected chi connectivity index (χ2v) is 9.57. The van der Waals surface area contributed by atoms with Crippen molar-refractivity contribution in [3.8, 4) is 23.2 Å². The van der Waals surface area contributed by atoms with Crippen LogP contribution in [0.25, 0.3) is 11.4 Å². The van der Waals surface area contributed by atoms with E-state index in [-0.39, 0.29) is 11.8 Å². The number of nitrogens with one attached hydrogen (secondary N) is 1. The number of hydrogen-bond donors (Lipinski definition) is 1. The van der Waals surface area contributed by atoms with E-state index in [1.165, 1.54) is 11.8 Å². The highest BCUT2D eigenvalue weighted by Crippen LogP contribution is 2.29. The third-order valence-electron chi connectivity index (χ3n) is 5.03. The zero-order valence-electron chi connectivity index (χ0n) is 18.8. The summed E-state index contributed by atoms with van der Waals surface area (Å²) < 4.78 is 7.28. The molecular formula is C22H31N5O2S. The molecule has 1 heterocycles. The van der Waals surface area contributed by atoms with E-state index in [2.05, 4.69) is 35.4 Å². The maximum absolute atomic E-state index is 12.8. The van der Waals surface area contributed by atoms with Gasteiger partial charge in [0.05, 0.1) is 18.4 Å². The van der Waals surface area contributed by atoms with Gasteiger partial charge in [-0.2, -0.15) is 5.26 Å². The number of amides is 1. The Bertz CT molecular complexity index is 901. The molecule has 0 unspecified atom stereocenters. The molecule has 0 aliphatic carbocycles. The quantitative estimate of drug-likeness (QED) is 0.602. The SMILES string of the molecule is COc1ccc(-c2nnc(S[C@H](C)C(=O)N[C@@](C)(C#N)C(C)C)n2CC(C)C)cc1. The summed E-state index contributed by atoms with van der Waals surface area (Å²) >= 11 is 1.35. The molecule has 0 bridgehead atoms. The van der Waals surface area contributed by atoms with Crippen LogP contribution in [0, 0.1) is 23.2 Å². The average molecular weight is 430 g/mol. The van der Waals surface area contributed by atoms with Crippen molar-refractivity contribution in [1.82, 2.24) is 20.1 Å². The van der Waals surface area contributed by atoms with Crippen LogP contribution in [-0.2, 0) is 11.3 Å². The molecular weight excluding hydrogens is 398 g/mol. The number of aromatic nitrogens is 3. The van der Waals surface area contributed by atoms with Crippen LogP contribution in [0.4, 0.5) is 0 Å². The van der Waals surface area contributed by atoms with Crippen LogP contribution in [-0.4, -0.2) is 38.6 Å². The number of carbonyl (C=O) groups is 1. The molecule has 0 aliphatic heterocycles. The summed E-state index contributed by atoms with van der Waals surface area (Å²) in [5.41, 5.74) is 0.0240. The van der Waals surface area contributed by atoms with Crippen LogP contribution in [0.5, 0.6) is 5.75 Å². The average Bonchev–Trinajstić information content (AvgIpc) is 3.09. The van der Waals surface area contributed by atoms with Crippen molar-refractivity contribution in [3.05, 3.63) is 24.3 Å². The van der Waals surface area contributed by atoms with Crippen LogP contribution in [0.3, 0.4) is 0 Å². The number of nitrogens with zero attached hydrogens (tertiary/aromatic N) is 4. The molecule has 0 fully saturated rings. The molecule has 7 nitrogen and oxygen atoms in total. The molecule has 1 aromatic heterocycles. The first kappa shape index (κ1) is 23.7.